The van der Waals surface area contributed by atoms with Crippen molar-refractivity contribution in [1.82, 2.24) is 0 Å². The lowest BCUT2D eigenvalue weighted by Gasteiger charge is -2.11. The van der Waals surface area contributed by atoms with Crippen molar-refractivity contribution in [3.63, 3.8) is 0 Å². The molecule has 0 unspecified atom stereocenters. The zero-order valence-corrected chi connectivity index (χ0v) is 11.5. The third-order valence-corrected chi connectivity index (χ3v) is 3.96. The smallest absolute Gasteiger partial charge is 0.127 e. The molecule has 3 heteroatoms. The van der Waals surface area contributed by atoms with E-state index < -0.39 is 0 Å². The van der Waals surface area contributed by atoms with E-state index in [-0.39, 0.29) is 0 Å². The number of ether oxygens (including phenoxy) is 1. The highest BCUT2D eigenvalue weighted by atomic mass is 79.9. The minimum atomic E-state index is 0.515. The highest BCUT2D eigenvalue weighted by Gasteiger charge is 2.18. The van der Waals surface area contributed by atoms with Gasteiger partial charge in [0, 0.05) is 23.0 Å². The molecule has 0 spiro atoms. The molecule has 0 radical (unpaired) electrons. The normalized spacial score (nSPS) is 13.2. The lowest BCUT2D eigenvalue weighted by Crippen LogP contribution is -2.00. The summed E-state index contributed by atoms with van der Waals surface area (Å²) in [5.41, 5.74) is 10.6. The first-order valence-electron chi connectivity index (χ1n) is 6.03. The second-order valence-corrected chi connectivity index (χ2v) is 5.26. The van der Waals surface area contributed by atoms with Gasteiger partial charge in [0.1, 0.15) is 5.75 Å². The van der Waals surface area contributed by atoms with Crippen LogP contribution < -0.4 is 10.5 Å². The number of hydrogen-bond acceptors (Lipinski definition) is 2. The van der Waals surface area contributed by atoms with Crippen LogP contribution in [0, 0.1) is 0 Å². The first kappa shape index (κ1) is 11.8. The van der Waals surface area contributed by atoms with Gasteiger partial charge in [0.25, 0.3) is 0 Å². The van der Waals surface area contributed by atoms with Crippen LogP contribution in [0.5, 0.6) is 5.75 Å². The van der Waals surface area contributed by atoms with Crippen LogP contribution in [0.2, 0.25) is 0 Å². The summed E-state index contributed by atoms with van der Waals surface area (Å²) in [6.07, 6.45) is 0.973. The summed E-state index contributed by atoms with van der Waals surface area (Å²) in [5, 5.41) is 0. The van der Waals surface area contributed by atoms with Crippen molar-refractivity contribution in [1.29, 1.82) is 0 Å². The summed E-state index contributed by atoms with van der Waals surface area (Å²) >= 11 is 3.60. The number of halogens is 1. The Morgan fingerprint density at radius 3 is 2.83 bits per heavy atom. The average Bonchev–Trinajstić information content (AvgIpc) is 2.86. The van der Waals surface area contributed by atoms with Crippen molar-refractivity contribution in [2.75, 3.05) is 6.61 Å². The van der Waals surface area contributed by atoms with E-state index in [1.165, 1.54) is 16.7 Å². The minimum Gasteiger partial charge on any atom is -0.493 e. The maximum Gasteiger partial charge on any atom is 0.127 e. The van der Waals surface area contributed by atoms with Crippen LogP contribution in [0.25, 0.3) is 11.1 Å². The van der Waals surface area contributed by atoms with Crippen LogP contribution in [0.1, 0.15) is 11.1 Å². The standard InChI is InChI=1S/C15H14BrNO/c16-14-4-2-1-3-13(14)11-7-10-5-6-18-15(10)12(8-11)9-17/h1-4,7-8H,5-6,9,17H2. The number of hydrogen-bond donors (Lipinski definition) is 1. The van der Waals surface area contributed by atoms with E-state index in [2.05, 4.69) is 40.2 Å². The molecule has 1 heterocycles. The van der Waals surface area contributed by atoms with Crippen LogP contribution in [-0.4, -0.2) is 6.61 Å². The molecular formula is C15H14BrNO. The Bertz CT molecular complexity index is 595. The highest BCUT2D eigenvalue weighted by Crippen LogP contribution is 2.36. The molecule has 2 aromatic rings. The molecule has 0 fully saturated rings. The lowest BCUT2D eigenvalue weighted by atomic mass is 9.98. The molecule has 2 nitrogen and oxygen atoms in total. The first-order valence-corrected chi connectivity index (χ1v) is 6.82. The van der Waals surface area contributed by atoms with E-state index in [4.69, 9.17) is 10.5 Å². The Balaban J connectivity index is 2.17. The Morgan fingerprint density at radius 1 is 1.22 bits per heavy atom. The minimum absolute atomic E-state index is 0.515. The SMILES string of the molecule is NCc1cc(-c2ccccc2Br)cc2c1OCC2. The van der Waals surface area contributed by atoms with E-state index in [1.54, 1.807) is 0 Å². The Labute approximate surface area is 115 Å². The molecule has 2 aromatic carbocycles. The summed E-state index contributed by atoms with van der Waals surface area (Å²) < 4.78 is 6.75. The summed E-state index contributed by atoms with van der Waals surface area (Å²) in [6.45, 7) is 1.28. The third-order valence-electron chi connectivity index (χ3n) is 3.27. The van der Waals surface area contributed by atoms with E-state index >= 15 is 0 Å². The predicted octanol–water partition coefficient (Wildman–Crippen LogP) is 3.51. The second kappa shape index (κ2) is 4.75. The fourth-order valence-electron chi connectivity index (χ4n) is 2.39. The van der Waals surface area contributed by atoms with Gasteiger partial charge in [-0.2, -0.15) is 0 Å². The van der Waals surface area contributed by atoms with Crippen LogP contribution >= 0.6 is 15.9 Å². The maximum absolute atomic E-state index is 5.82. The van der Waals surface area contributed by atoms with Crippen LogP contribution in [0.4, 0.5) is 0 Å². The third kappa shape index (κ3) is 1.93. The molecule has 1 aliphatic rings. The van der Waals surface area contributed by atoms with Gasteiger partial charge in [-0.05, 0) is 34.9 Å². The Morgan fingerprint density at radius 2 is 2.06 bits per heavy atom. The van der Waals surface area contributed by atoms with Crippen molar-refractivity contribution in [2.24, 2.45) is 5.73 Å². The fraction of sp³-hybridized carbons (Fsp3) is 0.200. The molecular weight excluding hydrogens is 290 g/mol. The van der Waals surface area contributed by atoms with Gasteiger partial charge in [-0.25, -0.2) is 0 Å². The van der Waals surface area contributed by atoms with Crippen molar-refractivity contribution >= 4 is 15.9 Å². The van der Waals surface area contributed by atoms with Gasteiger partial charge in [-0.3, -0.25) is 0 Å². The van der Waals surface area contributed by atoms with Crippen LogP contribution in [0.3, 0.4) is 0 Å². The van der Waals surface area contributed by atoms with Crippen LogP contribution in [-0.2, 0) is 13.0 Å². The molecule has 0 saturated heterocycles. The molecule has 0 saturated carbocycles. The molecule has 18 heavy (non-hydrogen) atoms. The topological polar surface area (TPSA) is 35.2 Å². The monoisotopic (exact) mass is 303 g/mol. The second-order valence-electron chi connectivity index (χ2n) is 4.41. The molecule has 3 rings (SSSR count). The fourth-order valence-corrected chi connectivity index (χ4v) is 2.90. The van der Waals surface area contributed by atoms with Gasteiger partial charge in [0.15, 0.2) is 0 Å². The molecule has 0 bridgehead atoms. The zero-order chi connectivity index (χ0) is 12.5. The largest absolute Gasteiger partial charge is 0.493 e. The molecule has 2 N–H and O–H groups in total. The van der Waals surface area contributed by atoms with E-state index in [0.717, 1.165) is 28.8 Å². The summed E-state index contributed by atoms with van der Waals surface area (Å²) in [4.78, 5) is 0. The average molecular weight is 304 g/mol. The van der Waals surface area contributed by atoms with E-state index in [0.29, 0.717) is 6.54 Å². The summed E-state index contributed by atoms with van der Waals surface area (Å²) in [5.74, 6) is 0.994. The van der Waals surface area contributed by atoms with Gasteiger partial charge in [-0.1, -0.05) is 34.1 Å². The van der Waals surface area contributed by atoms with Crippen molar-refractivity contribution in [3.05, 3.63) is 52.0 Å². The first-order chi connectivity index (χ1) is 8.79. The maximum atomic E-state index is 5.82. The number of rotatable bonds is 2. The molecule has 0 amide bonds. The van der Waals surface area contributed by atoms with Gasteiger partial charge >= 0.3 is 0 Å². The molecule has 0 aliphatic carbocycles. The summed E-state index contributed by atoms with van der Waals surface area (Å²) in [7, 11) is 0. The predicted molar refractivity (Wildman–Crippen MR) is 76.7 cm³/mol. The number of benzene rings is 2. The van der Waals surface area contributed by atoms with Crippen LogP contribution in [0.15, 0.2) is 40.9 Å². The zero-order valence-electron chi connectivity index (χ0n) is 9.95. The van der Waals surface area contributed by atoms with Crippen molar-refractivity contribution in [3.8, 4) is 16.9 Å². The molecule has 0 aromatic heterocycles. The van der Waals surface area contributed by atoms with Crippen molar-refractivity contribution < 1.29 is 4.74 Å². The lowest BCUT2D eigenvalue weighted by molar-refractivity contribution is 0.353. The Kier molecular flexibility index (Phi) is 3.10. The van der Waals surface area contributed by atoms with Gasteiger partial charge in [0.2, 0.25) is 0 Å². The number of fused-ring (bicyclic) bond motifs is 1. The van der Waals surface area contributed by atoms with Gasteiger partial charge < -0.3 is 10.5 Å². The number of nitrogens with two attached hydrogens (primary N) is 1. The van der Waals surface area contributed by atoms with Crippen molar-refractivity contribution in [2.45, 2.75) is 13.0 Å². The molecule has 1 aliphatic heterocycles. The van der Waals surface area contributed by atoms with E-state index in [9.17, 15) is 0 Å². The van der Waals surface area contributed by atoms with Gasteiger partial charge in [-0.15, -0.1) is 0 Å². The summed E-state index contributed by atoms with van der Waals surface area (Å²) in [6, 6.07) is 12.6. The van der Waals surface area contributed by atoms with Gasteiger partial charge in [0.05, 0.1) is 6.61 Å². The molecule has 92 valence electrons. The van der Waals surface area contributed by atoms with E-state index in [1.807, 2.05) is 12.1 Å². The quantitative estimate of drug-likeness (QED) is 0.921. The molecule has 0 atom stereocenters. The Hall–Kier alpha value is -1.32. The highest BCUT2D eigenvalue weighted by molar-refractivity contribution is 9.10.